The van der Waals surface area contributed by atoms with Gasteiger partial charge in [-0.3, -0.25) is 0 Å². The molecule has 0 heterocycles. The standard InChI is InChI=1S/C29H36O4/c1-5-7-11-18-31-26-20-24(29(30)33-25-17-10-9-14-21(25)3)28(32-19-12-8-6-2)23-16-13-15-22(4)27(23)26/h9-10,13-17,20H,5-8,11-12,18-19H2,1-4H3. The van der Waals surface area contributed by atoms with Crippen molar-refractivity contribution < 1.29 is 19.0 Å². The smallest absolute Gasteiger partial charge is 0.347 e. The number of fused-ring (bicyclic) bond motifs is 1. The zero-order valence-corrected chi connectivity index (χ0v) is 20.4. The van der Waals surface area contributed by atoms with Gasteiger partial charge in [0.05, 0.1) is 13.2 Å². The van der Waals surface area contributed by atoms with Crippen molar-refractivity contribution in [3.05, 3.63) is 65.2 Å². The SMILES string of the molecule is CCCCCOc1c(C(=O)Oc2ccccc2C)cc(OCCCCC)c2c(C)cccc12. The third-order valence-electron chi connectivity index (χ3n) is 5.80. The number of carbonyl (C=O) groups is 1. The molecule has 0 bridgehead atoms. The van der Waals surface area contributed by atoms with Crippen molar-refractivity contribution in [3.63, 3.8) is 0 Å². The van der Waals surface area contributed by atoms with Crippen molar-refractivity contribution >= 4 is 16.7 Å². The Bertz CT molecular complexity index is 1070. The minimum Gasteiger partial charge on any atom is -0.493 e. The average Bonchev–Trinajstić information content (AvgIpc) is 2.81. The molecule has 0 aliphatic heterocycles. The molecule has 0 aliphatic carbocycles. The van der Waals surface area contributed by atoms with E-state index >= 15 is 0 Å². The van der Waals surface area contributed by atoms with Gasteiger partial charge in [0.1, 0.15) is 22.8 Å². The molecule has 3 aromatic carbocycles. The third kappa shape index (κ3) is 6.28. The van der Waals surface area contributed by atoms with Crippen LogP contribution in [-0.4, -0.2) is 19.2 Å². The Labute approximate surface area is 197 Å². The Balaban J connectivity index is 2.05. The molecular formula is C29H36O4. The van der Waals surface area contributed by atoms with E-state index in [1.165, 1.54) is 0 Å². The molecule has 33 heavy (non-hydrogen) atoms. The maximum atomic E-state index is 13.4. The molecule has 3 rings (SSSR count). The van der Waals surface area contributed by atoms with Crippen LogP contribution in [0.15, 0.2) is 48.5 Å². The summed E-state index contributed by atoms with van der Waals surface area (Å²) in [5.74, 6) is 1.40. The van der Waals surface area contributed by atoms with Gasteiger partial charge in [-0.25, -0.2) is 4.79 Å². The summed E-state index contributed by atoms with van der Waals surface area (Å²) >= 11 is 0. The second kappa shape index (κ2) is 12.3. The average molecular weight is 449 g/mol. The van der Waals surface area contributed by atoms with Gasteiger partial charge in [-0.1, -0.05) is 75.9 Å². The number of ether oxygens (including phenoxy) is 3. The second-order valence-corrected chi connectivity index (χ2v) is 8.52. The van der Waals surface area contributed by atoms with Gasteiger partial charge in [0.2, 0.25) is 0 Å². The molecule has 3 aromatic rings. The van der Waals surface area contributed by atoms with Crippen LogP contribution >= 0.6 is 0 Å². The Morgan fingerprint density at radius 1 is 0.758 bits per heavy atom. The van der Waals surface area contributed by atoms with Crippen molar-refractivity contribution in [3.8, 4) is 17.2 Å². The van der Waals surface area contributed by atoms with E-state index in [0.29, 0.717) is 36.0 Å². The summed E-state index contributed by atoms with van der Waals surface area (Å²) in [7, 11) is 0. The van der Waals surface area contributed by atoms with Gasteiger partial charge in [0.15, 0.2) is 0 Å². The molecule has 0 unspecified atom stereocenters. The lowest BCUT2D eigenvalue weighted by Gasteiger charge is -2.19. The van der Waals surface area contributed by atoms with Gasteiger partial charge in [-0.15, -0.1) is 0 Å². The number of esters is 1. The highest BCUT2D eigenvalue weighted by Gasteiger charge is 2.23. The van der Waals surface area contributed by atoms with Gasteiger partial charge < -0.3 is 14.2 Å². The molecule has 0 atom stereocenters. The number of hydrogen-bond donors (Lipinski definition) is 0. The van der Waals surface area contributed by atoms with Crippen LogP contribution < -0.4 is 14.2 Å². The van der Waals surface area contributed by atoms with E-state index in [2.05, 4.69) is 26.8 Å². The zero-order valence-electron chi connectivity index (χ0n) is 20.4. The van der Waals surface area contributed by atoms with Crippen molar-refractivity contribution in [1.82, 2.24) is 0 Å². The topological polar surface area (TPSA) is 44.8 Å². The van der Waals surface area contributed by atoms with Crippen LogP contribution in [0.4, 0.5) is 0 Å². The quantitative estimate of drug-likeness (QED) is 0.161. The van der Waals surface area contributed by atoms with E-state index < -0.39 is 5.97 Å². The number of hydrogen-bond acceptors (Lipinski definition) is 4. The first kappa shape index (κ1) is 24.6. The lowest BCUT2D eigenvalue weighted by atomic mass is 10.00. The van der Waals surface area contributed by atoms with Crippen molar-refractivity contribution in [2.24, 2.45) is 0 Å². The fourth-order valence-electron chi connectivity index (χ4n) is 3.91. The molecule has 0 aromatic heterocycles. The third-order valence-corrected chi connectivity index (χ3v) is 5.80. The molecule has 0 aliphatic rings. The van der Waals surface area contributed by atoms with Crippen LogP contribution in [0.3, 0.4) is 0 Å². The fourth-order valence-corrected chi connectivity index (χ4v) is 3.91. The molecule has 4 nitrogen and oxygen atoms in total. The van der Waals surface area contributed by atoms with E-state index in [1.54, 1.807) is 6.07 Å². The minimum absolute atomic E-state index is 0.401. The van der Waals surface area contributed by atoms with Crippen LogP contribution in [0.5, 0.6) is 17.2 Å². The van der Waals surface area contributed by atoms with Crippen LogP contribution in [0.2, 0.25) is 0 Å². The molecule has 176 valence electrons. The predicted octanol–water partition coefficient (Wildman–Crippen LogP) is 7.81. The molecule has 0 spiro atoms. The lowest BCUT2D eigenvalue weighted by Crippen LogP contribution is -2.13. The van der Waals surface area contributed by atoms with Crippen LogP contribution in [0, 0.1) is 13.8 Å². The first-order valence-electron chi connectivity index (χ1n) is 12.2. The monoisotopic (exact) mass is 448 g/mol. The number of benzene rings is 3. The summed E-state index contributed by atoms with van der Waals surface area (Å²) in [5, 5.41) is 1.88. The van der Waals surface area contributed by atoms with Gasteiger partial charge in [-0.05, 0) is 49.9 Å². The number of carbonyl (C=O) groups excluding carboxylic acids is 1. The van der Waals surface area contributed by atoms with E-state index in [9.17, 15) is 4.79 Å². The van der Waals surface area contributed by atoms with Gasteiger partial charge in [0.25, 0.3) is 0 Å². The van der Waals surface area contributed by atoms with E-state index in [4.69, 9.17) is 14.2 Å². The molecule has 4 heteroatoms. The van der Waals surface area contributed by atoms with Crippen LogP contribution in [-0.2, 0) is 0 Å². The maximum absolute atomic E-state index is 13.4. The van der Waals surface area contributed by atoms with E-state index in [1.807, 2.05) is 43.3 Å². The van der Waals surface area contributed by atoms with Crippen LogP contribution in [0.1, 0.15) is 73.9 Å². The Morgan fingerprint density at radius 3 is 2.12 bits per heavy atom. The number of rotatable bonds is 12. The number of aryl methyl sites for hydroxylation is 2. The summed E-state index contributed by atoms with van der Waals surface area (Å²) in [4.78, 5) is 13.4. The van der Waals surface area contributed by atoms with E-state index in [0.717, 1.165) is 60.4 Å². The fraction of sp³-hybridized carbons (Fsp3) is 0.414. The highest BCUT2D eigenvalue weighted by atomic mass is 16.5. The molecule has 0 saturated heterocycles. The zero-order chi connectivity index (χ0) is 23.6. The van der Waals surface area contributed by atoms with Crippen molar-refractivity contribution in [2.45, 2.75) is 66.2 Å². The highest BCUT2D eigenvalue weighted by Crippen LogP contribution is 2.39. The number of unbranched alkanes of at least 4 members (excludes halogenated alkanes) is 4. The lowest BCUT2D eigenvalue weighted by molar-refractivity contribution is 0.0728. The normalized spacial score (nSPS) is 10.9. The molecule has 0 radical (unpaired) electrons. The molecular weight excluding hydrogens is 412 g/mol. The molecule has 0 amide bonds. The summed E-state index contributed by atoms with van der Waals surface area (Å²) in [6, 6.07) is 15.4. The van der Waals surface area contributed by atoms with Crippen molar-refractivity contribution in [1.29, 1.82) is 0 Å². The first-order valence-corrected chi connectivity index (χ1v) is 12.2. The summed E-state index contributed by atoms with van der Waals surface area (Å²) in [5.41, 5.74) is 2.40. The van der Waals surface area contributed by atoms with Gasteiger partial charge in [-0.2, -0.15) is 0 Å². The predicted molar refractivity (Wildman–Crippen MR) is 135 cm³/mol. The Hall–Kier alpha value is -3.01. The second-order valence-electron chi connectivity index (χ2n) is 8.52. The summed E-state index contributed by atoms with van der Waals surface area (Å²) in [6.45, 7) is 9.49. The highest BCUT2D eigenvalue weighted by molar-refractivity contribution is 6.05. The van der Waals surface area contributed by atoms with Crippen molar-refractivity contribution in [2.75, 3.05) is 13.2 Å². The summed E-state index contributed by atoms with van der Waals surface area (Å²) in [6.07, 6.45) is 6.33. The molecule has 0 fully saturated rings. The summed E-state index contributed by atoms with van der Waals surface area (Å²) < 4.78 is 18.2. The molecule has 0 saturated carbocycles. The van der Waals surface area contributed by atoms with E-state index in [-0.39, 0.29) is 0 Å². The minimum atomic E-state index is -0.434. The van der Waals surface area contributed by atoms with Crippen LogP contribution in [0.25, 0.3) is 10.8 Å². The molecule has 0 N–H and O–H groups in total. The maximum Gasteiger partial charge on any atom is 0.347 e. The first-order chi connectivity index (χ1) is 16.1. The largest absolute Gasteiger partial charge is 0.493 e. The Kier molecular flexibility index (Phi) is 9.17. The van der Waals surface area contributed by atoms with Gasteiger partial charge >= 0.3 is 5.97 Å². The number of para-hydroxylation sites is 1. The van der Waals surface area contributed by atoms with Gasteiger partial charge in [0, 0.05) is 10.8 Å². The Morgan fingerprint density at radius 2 is 1.42 bits per heavy atom.